The number of hydrogen-bond donors (Lipinski definition) is 2. The first-order valence-corrected chi connectivity index (χ1v) is 7.35. The number of nitrogens with zero attached hydrogens (tertiary/aromatic N) is 1. The summed E-state index contributed by atoms with van der Waals surface area (Å²) >= 11 is 1.36. The highest BCUT2D eigenvalue weighted by Crippen LogP contribution is 2.21. The van der Waals surface area contributed by atoms with Crippen molar-refractivity contribution in [3.8, 4) is 0 Å². The number of carboxylic acid groups (broad SMARTS) is 1. The number of rotatable bonds is 4. The topological polar surface area (TPSA) is 79.3 Å². The van der Waals surface area contributed by atoms with Gasteiger partial charge in [0, 0.05) is 5.69 Å². The zero-order valence-electron chi connectivity index (χ0n) is 12.1. The molecular formula is C15H16N2O3S. The van der Waals surface area contributed by atoms with Crippen molar-refractivity contribution in [2.24, 2.45) is 0 Å². The van der Waals surface area contributed by atoms with Gasteiger partial charge in [-0.2, -0.15) is 0 Å². The Hall–Kier alpha value is -2.21. The van der Waals surface area contributed by atoms with Gasteiger partial charge in [-0.3, -0.25) is 4.79 Å². The smallest absolute Gasteiger partial charge is 0.336 e. The minimum Gasteiger partial charge on any atom is -0.478 e. The van der Waals surface area contributed by atoms with Crippen LogP contribution in [-0.4, -0.2) is 22.0 Å². The Morgan fingerprint density at radius 1 is 1.33 bits per heavy atom. The van der Waals surface area contributed by atoms with Crippen molar-refractivity contribution in [1.82, 2.24) is 4.98 Å². The number of carbonyl (C=O) groups is 2. The summed E-state index contributed by atoms with van der Waals surface area (Å²) in [6.45, 7) is 5.50. The summed E-state index contributed by atoms with van der Waals surface area (Å²) in [6.07, 6.45) is 0.784. The number of thiazole rings is 1. The molecule has 1 amide bonds. The fourth-order valence-corrected chi connectivity index (χ4v) is 2.83. The van der Waals surface area contributed by atoms with Gasteiger partial charge in [-0.05, 0) is 38.0 Å². The lowest BCUT2D eigenvalue weighted by Gasteiger charge is -2.07. The summed E-state index contributed by atoms with van der Waals surface area (Å²) in [7, 11) is 0. The van der Waals surface area contributed by atoms with E-state index in [1.807, 2.05) is 6.92 Å². The molecule has 0 aliphatic heterocycles. The van der Waals surface area contributed by atoms with E-state index in [4.69, 9.17) is 5.11 Å². The lowest BCUT2D eigenvalue weighted by atomic mass is 10.1. The highest BCUT2D eigenvalue weighted by atomic mass is 32.1. The third-order valence-electron chi connectivity index (χ3n) is 3.08. The van der Waals surface area contributed by atoms with E-state index in [0.717, 1.165) is 11.4 Å². The van der Waals surface area contributed by atoms with Crippen LogP contribution >= 0.6 is 11.3 Å². The second kappa shape index (κ2) is 6.05. The number of hydrogen-bond acceptors (Lipinski definition) is 4. The van der Waals surface area contributed by atoms with E-state index < -0.39 is 5.97 Å². The molecule has 110 valence electrons. The monoisotopic (exact) mass is 304 g/mol. The molecular weight excluding hydrogens is 288 g/mol. The van der Waals surface area contributed by atoms with Gasteiger partial charge in [0.25, 0.3) is 5.91 Å². The third kappa shape index (κ3) is 3.28. The van der Waals surface area contributed by atoms with Crippen LogP contribution in [0.15, 0.2) is 18.2 Å². The molecule has 0 spiro atoms. The number of benzene rings is 1. The van der Waals surface area contributed by atoms with Crippen LogP contribution in [0.1, 0.15) is 43.2 Å². The SMILES string of the molecule is CCc1nc(C)c(C(=O)Nc2ccc(C)c(C(=O)O)c2)s1. The second-order valence-electron chi connectivity index (χ2n) is 4.66. The van der Waals surface area contributed by atoms with Crippen LogP contribution in [0, 0.1) is 13.8 Å². The summed E-state index contributed by atoms with van der Waals surface area (Å²) in [6, 6.07) is 4.83. The maximum absolute atomic E-state index is 12.2. The molecule has 5 nitrogen and oxygen atoms in total. The average Bonchev–Trinajstić information content (AvgIpc) is 2.82. The van der Waals surface area contributed by atoms with Gasteiger partial charge in [0.2, 0.25) is 0 Å². The molecule has 2 aromatic rings. The minimum atomic E-state index is -1.01. The summed E-state index contributed by atoms with van der Waals surface area (Å²) < 4.78 is 0. The number of anilines is 1. The Kier molecular flexibility index (Phi) is 4.37. The molecule has 2 rings (SSSR count). The Morgan fingerprint density at radius 3 is 2.62 bits per heavy atom. The number of carbonyl (C=O) groups excluding carboxylic acids is 1. The van der Waals surface area contributed by atoms with Crippen LogP contribution in [-0.2, 0) is 6.42 Å². The Morgan fingerprint density at radius 2 is 2.05 bits per heavy atom. The standard InChI is InChI=1S/C15H16N2O3S/c1-4-12-16-9(3)13(21-12)14(18)17-10-6-5-8(2)11(7-10)15(19)20/h5-7H,4H2,1-3H3,(H,17,18)(H,19,20). The fourth-order valence-electron chi connectivity index (χ4n) is 1.93. The molecule has 0 radical (unpaired) electrons. The van der Waals surface area contributed by atoms with Crippen molar-refractivity contribution in [2.75, 3.05) is 5.32 Å². The van der Waals surface area contributed by atoms with Gasteiger partial charge in [0.15, 0.2) is 0 Å². The first-order chi connectivity index (χ1) is 9.92. The van der Waals surface area contributed by atoms with Gasteiger partial charge in [-0.1, -0.05) is 13.0 Å². The highest BCUT2D eigenvalue weighted by Gasteiger charge is 2.16. The van der Waals surface area contributed by atoms with Gasteiger partial charge in [-0.15, -0.1) is 11.3 Å². The molecule has 0 fully saturated rings. The number of aromatic nitrogens is 1. The molecule has 1 aromatic carbocycles. The van der Waals surface area contributed by atoms with Crippen LogP contribution in [0.5, 0.6) is 0 Å². The zero-order valence-corrected chi connectivity index (χ0v) is 12.9. The molecule has 0 unspecified atom stereocenters. The maximum Gasteiger partial charge on any atom is 0.336 e. The van der Waals surface area contributed by atoms with E-state index >= 15 is 0 Å². The molecule has 0 saturated carbocycles. The first kappa shape index (κ1) is 15.2. The molecule has 2 N–H and O–H groups in total. The maximum atomic E-state index is 12.2. The Bertz CT molecular complexity index is 707. The quantitative estimate of drug-likeness (QED) is 0.908. The fraction of sp³-hybridized carbons (Fsp3) is 0.267. The van der Waals surface area contributed by atoms with Gasteiger partial charge in [-0.25, -0.2) is 9.78 Å². The molecule has 1 aromatic heterocycles. The number of aromatic carboxylic acids is 1. The molecule has 6 heteroatoms. The Balaban J connectivity index is 2.25. The number of amides is 1. The van der Waals surface area contributed by atoms with E-state index in [9.17, 15) is 9.59 Å². The van der Waals surface area contributed by atoms with Crippen molar-refractivity contribution in [3.63, 3.8) is 0 Å². The van der Waals surface area contributed by atoms with Gasteiger partial charge < -0.3 is 10.4 Å². The molecule has 1 heterocycles. The van der Waals surface area contributed by atoms with Crippen molar-refractivity contribution >= 4 is 28.9 Å². The van der Waals surface area contributed by atoms with Gasteiger partial charge in [0.1, 0.15) is 4.88 Å². The zero-order chi connectivity index (χ0) is 15.6. The highest BCUT2D eigenvalue weighted by molar-refractivity contribution is 7.13. The number of carboxylic acids is 1. The second-order valence-corrected chi connectivity index (χ2v) is 5.75. The van der Waals surface area contributed by atoms with Crippen LogP contribution < -0.4 is 5.32 Å². The number of aryl methyl sites for hydroxylation is 3. The number of nitrogens with one attached hydrogen (secondary N) is 1. The molecule has 0 bridgehead atoms. The van der Waals surface area contributed by atoms with E-state index in [1.165, 1.54) is 17.4 Å². The predicted octanol–water partition coefficient (Wildman–Crippen LogP) is 3.27. The molecule has 0 aliphatic carbocycles. The van der Waals surface area contributed by atoms with Crippen LogP contribution in [0.4, 0.5) is 5.69 Å². The van der Waals surface area contributed by atoms with Crippen molar-refractivity contribution < 1.29 is 14.7 Å². The largest absolute Gasteiger partial charge is 0.478 e. The predicted molar refractivity (Wildman–Crippen MR) is 82.3 cm³/mol. The van der Waals surface area contributed by atoms with Crippen LogP contribution in [0.2, 0.25) is 0 Å². The van der Waals surface area contributed by atoms with E-state index in [1.54, 1.807) is 26.0 Å². The summed E-state index contributed by atoms with van der Waals surface area (Å²) in [5.74, 6) is -1.27. The first-order valence-electron chi connectivity index (χ1n) is 6.54. The lowest BCUT2D eigenvalue weighted by molar-refractivity contribution is 0.0695. The van der Waals surface area contributed by atoms with Crippen LogP contribution in [0.3, 0.4) is 0 Å². The third-order valence-corrected chi connectivity index (χ3v) is 4.38. The van der Waals surface area contributed by atoms with Crippen molar-refractivity contribution in [2.45, 2.75) is 27.2 Å². The average molecular weight is 304 g/mol. The molecule has 0 saturated heterocycles. The summed E-state index contributed by atoms with van der Waals surface area (Å²) in [5, 5.41) is 12.7. The van der Waals surface area contributed by atoms with E-state index in [2.05, 4.69) is 10.3 Å². The molecule has 0 aliphatic rings. The molecule has 0 atom stereocenters. The van der Waals surface area contributed by atoms with Crippen molar-refractivity contribution in [3.05, 3.63) is 44.9 Å². The van der Waals surface area contributed by atoms with E-state index in [-0.39, 0.29) is 11.5 Å². The van der Waals surface area contributed by atoms with Gasteiger partial charge >= 0.3 is 5.97 Å². The summed E-state index contributed by atoms with van der Waals surface area (Å²) in [4.78, 5) is 28.2. The lowest BCUT2D eigenvalue weighted by Crippen LogP contribution is -2.12. The van der Waals surface area contributed by atoms with Gasteiger partial charge in [0.05, 0.1) is 16.3 Å². The summed E-state index contributed by atoms with van der Waals surface area (Å²) in [5.41, 5.74) is 2.00. The van der Waals surface area contributed by atoms with Crippen molar-refractivity contribution in [1.29, 1.82) is 0 Å². The minimum absolute atomic E-state index is 0.183. The van der Waals surface area contributed by atoms with E-state index in [0.29, 0.717) is 21.8 Å². The Labute approximate surface area is 126 Å². The van der Waals surface area contributed by atoms with Crippen LogP contribution in [0.25, 0.3) is 0 Å². The normalized spacial score (nSPS) is 10.4. The molecule has 21 heavy (non-hydrogen) atoms.